The minimum absolute atomic E-state index is 0.0480. The van der Waals surface area contributed by atoms with Crippen molar-refractivity contribution in [2.75, 3.05) is 7.11 Å². The van der Waals surface area contributed by atoms with Crippen molar-refractivity contribution < 1.29 is 23.5 Å². The average Bonchev–Trinajstić information content (AvgIpc) is 2.62. The number of amides is 1. The second-order valence-electron chi connectivity index (χ2n) is 10.2. The van der Waals surface area contributed by atoms with Gasteiger partial charge in [0, 0.05) is 6.08 Å². The highest BCUT2D eigenvalue weighted by Crippen LogP contribution is 2.38. The fourth-order valence-electron chi connectivity index (χ4n) is 2.59. The molecule has 6 nitrogen and oxygen atoms in total. The summed E-state index contributed by atoms with van der Waals surface area (Å²) >= 11 is 0. The van der Waals surface area contributed by atoms with Gasteiger partial charge in [0.05, 0.1) is 19.3 Å². The van der Waals surface area contributed by atoms with E-state index in [0.717, 1.165) is 5.56 Å². The van der Waals surface area contributed by atoms with Crippen LogP contribution in [-0.4, -0.2) is 45.2 Å². The number of carbonyl (C=O) groups is 2. The van der Waals surface area contributed by atoms with E-state index in [1.165, 1.54) is 13.2 Å². The van der Waals surface area contributed by atoms with Crippen LogP contribution in [-0.2, 0) is 25.1 Å². The maximum atomic E-state index is 12.6. The lowest BCUT2D eigenvalue weighted by Gasteiger charge is -2.41. The third-order valence-corrected chi connectivity index (χ3v) is 9.73. The van der Waals surface area contributed by atoms with Crippen LogP contribution in [0.1, 0.15) is 47.1 Å². The molecule has 0 heterocycles. The zero-order valence-corrected chi connectivity index (χ0v) is 21.4. The number of hydrogen-bond donors (Lipinski definition) is 1. The van der Waals surface area contributed by atoms with Crippen molar-refractivity contribution in [2.45, 2.75) is 83.8 Å². The molecule has 0 saturated carbocycles. The zero-order chi connectivity index (χ0) is 23.9. The van der Waals surface area contributed by atoms with Gasteiger partial charge in [-0.25, -0.2) is 9.59 Å². The SMILES string of the molecule is COC(=O)/C=C/[C@H](O[Si](C)(C)C(C)(C)C)[C@H](Cc1ccccc1)NC(=O)OC(C)(C)C. The van der Waals surface area contributed by atoms with Crippen LogP contribution in [0.25, 0.3) is 0 Å². The molecule has 31 heavy (non-hydrogen) atoms. The van der Waals surface area contributed by atoms with E-state index in [1.54, 1.807) is 6.08 Å². The smallest absolute Gasteiger partial charge is 0.407 e. The molecule has 0 spiro atoms. The molecule has 1 amide bonds. The number of benzene rings is 1. The Balaban J connectivity index is 3.30. The molecule has 0 bridgehead atoms. The molecule has 0 saturated heterocycles. The standard InChI is InChI=1S/C24H39NO5Si/c1-23(2,3)29-22(27)25-19(17-18-13-11-10-12-14-18)20(15-16-21(26)28-7)30-31(8,9)24(4,5)6/h10-16,19-20H,17H2,1-9H3,(H,25,27)/b16-15+/t19-,20-/m0/s1. The van der Waals surface area contributed by atoms with Gasteiger partial charge < -0.3 is 19.2 Å². The molecule has 1 N–H and O–H groups in total. The summed E-state index contributed by atoms with van der Waals surface area (Å²) in [4.78, 5) is 24.4. The Hall–Kier alpha value is -2.12. The van der Waals surface area contributed by atoms with Gasteiger partial charge in [0.25, 0.3) is 0 Å². The van der Waals surface area contributed by atoms with E-state index >= 15 is 0 Å². The second kappa shape index (κ2) is 11.0. The van der Waals surface area contributed by atoms with Crippen LogP contribution >= 0.6 is 0 Å². The van der Waals surface area contributed by atoms with Crippen LogP contribution in [0.5, 0.6) is 0 Å². The van der Waals surface area contributed by atoms with E-state index in [2.05, 4.69) is 39.2 Å². The van der Waals surface area contributed by atoms with E-state index in [4.69, 9.17) is 13.9 Å². The fourth-order valence-corrected chi connectivity index (χ4v) is 3.87. The third-order valence-electron chi connectivity index (χ3n) is 5.26. The summed E-state index contributed by atoms with van der Waals surface area (Å²) in [6.07, 6.45) is 2.49. The van der Waals surface area contributed by atoms with Crippen LogP contribution in [0.4, 0.5) is 4.79 Å². The van der Waals surface area contributed by atoms with Crippen LogP contribution in [0.3, 0.4) is 0 Å². The molecular weight excluding hydrogens is 410 g/mol. The van der Waals surface area contributed by atoms with Crippen molar-refractivity contribution in [1.82, 2.24) is 5.32 Å². The fraction of sp³-hybridized carbons (Fsp3) is 0.583. The molecule has 0 fully saturated rings. The highest BCUT2D eigenvalue weighted by Gasteiger charge is 2.40. The van der Waals surface area contributed by atoms with Gasteiger partial charge in [0.15, 0.2) is 8.32 Å². The minimum Gasteiger partial charge on any atom is -0.466 e. The topological polar surface area (TPSA) is 73.9 Å². The van der Waals surface area contributed by atoms with Gasteiger partial charge in [-0.1, -0.05) is 51.1 Å². The number of methoxy groups -OCH3 is 1. The summed E-state index contributed by atoms with van der Waals surface area (Å²) < 4.78 is 16.9. The molecule has 2 atom stereocenters. The van der Waals surface area contributed by atoms with E-state index in [-0.39, 0.29) is 5.04 Å². The number of nitrogens with one attached hydrogen (secondary N) is 1. The molecule has 174 valence electrons. The molecule has 0 unspecified atom stereocenters. The quantitative estimate of drug-likeness (QED) is 0.334. The lowest BCUT2D eigenvalue weighted by Crippen LogP contribution is -2.52. The molecule has 1 aromatic rings. The third kappa shape index (κ3) is 9.70. The molecular formula is C24H39NO5Si. The summed E-state index contributed by atoms with van der Waals surface area (Å²) in [6.45, 7) is 16.2. The zero-order valence-electron chi connectivity index (χ0n) is 20.4. The summed E-state index contributed by atoms with van der Waals surface area (Å²) in [5.74, 6) is -0.473. The molecule has 0 aliphatic carbocycles. The Morgan fingerprint density at radius 3 is 2.13 bits per heavy atom. The number of carbonyl (C=O) groups excluding carboxylic acids is 2. The highest BCUT2D eigenvalue weighted by molar-refractivity contribution is 6.74. The molecule has 7 heteroatoms. The molecule has 0 aliphatic rings. The van der Waals surface area contributed by atoms with Gasteiger partial charge in [0.1, 0.15) is 5.60 Å². The van der Waals surface area contributed by atoms with Gasteiger partial charge in [-0.15, -0.1) is 0 Å². The average molecular weight is 450 g/mol. The Morgan fingerprint density at radius 1 is 1.06 bits per heavy atom. The Labute approximate surface area is 188 Å². The lowest BCUT2D eigenvalue weighted by molar-refractivity contribution is -0.134. The maximum Gasteiger partial charge on any atom is 0.407 e. The first-order chi connectivity index (χ1) is 14.1. The Kier molecular flexibility index (Phi) is 9.51. The number of rotatable bonds is 8. The molecule has 0 aliphatic heterocycles. The monoisotopic (exact) mass is 449 g/mol. The molecule has 1 aromatic carbocycles. The Morgan fingerprint density at radius 2 is 1.65 bits per heavy atom. The van der Waals surface area contributed by atoms with Gasteiger partial charge in [-0.2, -0.15) is 0 Å². The molecule has 0 radical (unpaired) electrons. The number of esters is 1. The largest absolute Gasteiger partial charge is 0.466 e. The van der Waals surface area contributed by atoms with E-state index in [0.29, 0.717) is 6.42 Å². The summed E-state index contributed by atoms with van der Waals surface area (Å²) in [7, 11) is -0.893. The van der Waals surface area contributed by atoms with Crippen molar-refractivity contribution in [3.05, 3.63) is 48.0 Å². The van der Waals surface area contributed by atoms with E-state index in [1.807, 2.05) is 51.1 Å². The summed E-state index contributed by atoms with van der Waals surface area (Å²) in [6, 6.07) is 9.41. The van der Waals surface area contributed by atoms with Crippen molar-refractivity contribution in [3.63, 3.8) is 0 Å². The van der Waals surface area contributed by atoms with E-state index < -0.39 is 38.1 Å². The number of ether oxygens (including phenoxy) is 2. The van der Waals surface area contributed by atoms with Crippen LogP contribution in [0, 0.1) is 0 Å². The summed E-state index contributed by atoms with van der Waals surface area (Å²) in [5.41, 5.74) is 0.415. The van der Waals surface area contributed by atoms with Crippen molar-refractivity contribution in [3.8, 4) is 0 Å². The Bertz CT molecular complexity index is 747. The predicted octanol–water partition coefficient (Wildman–Crippen LogP) is 5.24. The molecule has 1 rings (SSSR count). The van der Waals surface area contributed by atoms with Crippen molar-refractivity contribution in [1.29, 1.82) is 0 Å². The molecule has 0 aromatic heterocycles. The predicted molar refractivity (Wildman–Crippen MR) is 127 cm³/mol. The number of alkyl carbamates (subject to hydrolysis) is 1. The first kappa shape index (κ1) is 26.9. The maximum absolute atomic E-state index is 12.6. The normalized spacial score (nSPS) is 14.7. The van der Waals surface area contributed by atoms with Gasteiger partial charge in [-0.05, 0) is 57.0 Å². The number of hydrogen-bond acceptors (Lipinski definition) is 5. The van der Waals surface area contributed by atoms with Crippen molar-refractivity contribution >= 4 is 20.4 Å². The van der Waals surface area contributed by atoms with Gasteiger partial charge in [0.2, 0.25) is 0 Å². The van der Waals surface area contributed by atoms with Crippen LogP contribution in [0.2, 0.25) is 18.1 Å². The lowest BCUT2D eigenvalue weighted by atomic mass is 10.0. The second-order valence-corrected chi connectivity index (χ2v) is 14.9. The van der Waals surface area contributed by atoms with Crippen molar-refractivity contribution in [2.24, 2.45) is 0 Å². The highest BCUT2D eigenvalue weighted by atomic mass is 28.4. The van der Waals surface area contributed by atoms with E-state index in [9.17, 15) is 9.59 Å². The van der Waals surface area contributed by atoms with Crippen LogP contribution in [0.15, 0.2) is 42.5 Å². The first-order valence-corrected chi connectivity index (χ1v) is 13.5. The minimum atomic E-state index is -2.22. The first-order valence-electron chi connectivity index (χ1n) is 10.6. The van der Waals surface area contributed by atoms with Crippen LogP contribution < -0.4 is 5.32 Å². The van der Waals surface area contributed by atoms with Gasteiger partial charge >= 0.3 is 12.1 Å². The van der Waals surface area contributed by atoms with Gasteiger partial charge in [-0.3, -0.25) is 0 Å². The summed E-state index contributed by atoms with van der Waals surface area (Å²) in [5, 5.41) is 2.92.